The predicted octanol–water partition coefficient (Wildman–Crippen LogP) is 4.72. The summed E-state index contributed by atoms with van der Waals surface area (Å²) in [5, 5.41) is 17.4. The lowest BCUT2D eigenvalue weighted by molar-refractivity contribution is -0.269. The fourth-order valence-corrected chi connectivity index (χ4v) is 3.88. The monoisotopic (exact) mass is 490 g/mol. The molecule has 0 radical (unpaired) electrons. The smallest absolute Gasteiger partial charge is 0.423 e. The number of benzene rings is 1. The molecule has 0 fully saturated rings. The molecular weight excluding hydrogens is 468 g/mol. The van der Waals surface area contributed by atoms with Crippen LogP contribution in [0.25, 0.3) is 16.6 Å². The molecule has 4 aromatic rings. The zero-order valence-corrected chi connectivity index (χ0v) is 18.9. The van der Waals surface area contributed by atoms with E-state index in [-0.39, 0.29) is 18.7 Å². The Bertz CT molecular complexity index is 1360. The molecule has 3 heterocycles. The molecule has 0 aliphatic rings. The van der Waals surface area contributed by atoms with E-state index in [0.29, 0.717) is 22.2 Å². The van der Waals surface area contributed by atoms with Crippen molar-refractivity contribution in [1.29, 1.82) is 0 Å². The number of rotatable bonds is 7. The van der Waals surface area contributed by atoms with Gasteiger partial charge < -0.3 is 14.2 Å². The summed E-state index contributed by atoms with van der Waals surface area (Å²) in [6.07, 6.45) is -1.16. The van der Waals surface area contributed by atoms with Crippen LogP contribution in [0.3, 0.4) is 0 Å². The molecule has 0 aliphatic carbocycles. The van der Waals surface area contributed by atoms with Gasteiger partial charge >= 0.3 is 12.1 Å². The summed E-state index contributed by atoms with van der Waals surface area (Å²) >= 11 is 0. The highest BCUT2D eigenvalue weighted by Crippen LogP contribution is 2.40. The fourth-order valence-electron chi connectivity index (χ4n) is 3.88. The molecule has 184 valence electrons. The molecule has 35 heavy (non-hydrogen) atoms. The molecule has 4 rings (SSSR count). The standard InChI is InChI=1S/C24H22F4N4O3/c1-3-23(34,24(26,27)28)20-14-32(30-29-20)12-15-5-10-19-21(16-6-8-17(25)9-7-16)18(13-31(19)11-15)22(33)35-4-2/h5-11,13-14,34H,3-4,12H2,1-2H3. The van der Waals surface area contributed by atoms with E-state index in [1.807, 2.05) is 0 Å². The summed E-state index contributed by atoms with van der Waals surface area (Å²) in [6.45, 7) is 3.15. The molecule has 11 heteroatoms. The number of ether oxygens (including phenoxy) is 1. The first-order chi connectivity index (χ1) is 16.6. The number of halogens is 4. The number of aromatic nitrogens is 4. The van der Waals surface area contributed by atoms with Crippen LogP contribution in [-0.4, -0.2) is 43.3 Å². The number of esters is 1. The number of aliphatic hydroxyl groups is 1. The highest BCUT2D eigenvalue weighted by molar-refractivity contribution is 6.02. The fraction of sp³-hybridized carbons (Fsp3) is 0.292. The Morgan fingerprint density at radius 3 is 2.40 bits per heavy atom. The topological polar surface area (TPSA) is 81.7 Å². The molecule has 0 bridgehead atoms. The maximum absolute atomic E-state index is 13.5. The molecular formula is C24H22F4N4O3. The number of nitrogens with zero attached hydrogens (tertiary/aromatic N) is 4. The van der Waals surface area contributed by atoms with E-state index in [2.05, 4.69) is 10.3 Å². The minimum atomic E-state index is -4.90. The van der Waals surface area contributed by atoms with Gasteiger partial charge in [-0.1, -0.05) is 30.3 Å². The van der Waals surface area contributed by atoms with Gasteiger partial charge in [0.2, 0.25) is 5.60 Å². The van der Waals surface area contributed by atoms with Crippen LogP contribution >= 0.6 is 0 Å². The Morgan fingerprint density at radius 2 is 1.77 bits per heavy atom. The lowest BCUT2D eigenvalue weighted by Crippen LogP contribution is -2.42. The molecule has 1 unspecified atom stereocenters. The molecule has 0 aliphatic heterocycles. The number of carbonyl (C=O) groups is 1. The van der Waals surface area contributed by atoms with Crippen LogP contribution in [0.2, 0.25) is 0 Å². The van der Waals surface area contributed by atoms with E-state index in [4.69, 9.17) is 4.74 Å². The lowest BCUT2D eigenvalue weighted by Gasteiger charge is -2.26. The second-order valence-electron chi connectivity index (χ2n) is 7.99. The van der Waals surface area contributed by atoms with Gasteiger partial charge in [0, 0.05) is 18.0 Å². The van der Waals surface area contributed by atoms with E-state index in [1.165, 1.54) is 23.7 Å². The molecule has 0 spiro atoms. The van der Waals surface area contributed by atoms with Gasteiger partial charge in [0.1, 0.15) is 11.5 Å². The summed E-state index contributed by atoms with van der Waals surface area (Å²) in [5.41, 5.74) is -0.895. The summed E-state index contributed by atoms with van der Waals surface area (Å²) in [6, 6.07) is 9.19. The van der Waals surface area contributed by atoms with E-state index in [9.17, 15) is 27.5 Å². The van der Waals surface area contributed by atoms with Crippen molar-refractivity contribution >= 4 is 11.5 Å². The van der Waals surface area contributed by atoms with Gasteiger partial charge in [0.25, 0.3) is 0 Å². The lowest BCUT2D eigenvalue weighted by atomic mass is 9.96. The molecule has 0 saturated carbocycles. The van der Waals surface area contributed by atoms with Crippen LogP contribution in [0, 0.1) is 5.82 Å². The second kappa shape index (κ2) is 9.14. The molecule has 3 aromatic heterocycles. The van der Waals surface area contributed by atoms with Gasteiger partial charge in [0.15, 0.2) is 0 Å². The summed E-state index contributed by atoms with van der Waals surface area (Å²) in [5.74, 6) is -0.950. The van der Waals surface area contributed by atoms with Gasteiger partial charge in [-0.2, -0.15) is 13.2 Å². The van der Waals surface area contributed by atoms with Crippen LogP contribution in [0.4, 0.5) is 17.6 Å². The predicted molar refractivity (Wildman–Crippen MR) is 118 cm³/mol. The van der Waals surface area contributed by atoms with Crippen LogP contribution in [0.15, 0.2) is 55.0 Å². The maximum Gasteiger partial charge on any atom is 0.423 e. The Kier molecular flexibility index (Phi) is 6.37. The number of hydrogen-bond donors (Lipinski definition) is 1. The van der Waals surface area contributed by atoms with E-state index in [1.54, 1.807) is 48.0 Å². The van der Waals surface area contributed by atoms with Crippen molar-refractivity contribution in [2.75, 3.05) is 6.61 Å². The van der Waals surface area contributed by atoms with Gasteiger partial charge in [-0.25, -0.2) is 13.9 Å². The van der Waals surface area contributed by atoms with Crippen molar-refractivity contribution in [3.63, 3.8) is 0 Å². The summed E-state index contributed by atoms with van der Waals surface area (Å²) in [7, 11) is 0. The summed E-state index contributed by atoms with van der Waals surface area (Å²) in [4.78, 5) is 12.6. The number of fused-ring (bicyclic) bond motifs is 1. The van der Waals surface area contributed by atoms with Crippen molar-refractivity contribution in [3.8, 4) is 11.1 Å². The Hall–Kier alpha value is -3.73. The number of alkyl halides is 3. The zero-order chi connectivity index (χ0) is 25.4. The quantitative estimate of drug-likeness (QED) is 0.300. The first-order valence-corrected chi connectivity index (χ1v) is 10.8. The zero-order valence-electron chi connectivity index (χ0n) is 18.9. The Balaban J connectivity index is 1.71. The molecule has 0 amide bonds. The van der Waals surface area contributed by atoms with E-state index in [0.717, 1.165) is 6.20 Å². The summed E-state index contributed by atoms with van der Waals surface area (Å²) < 4.78 is 61.5. The average Bonchev–Trinajstić information content (AvgIpc) is 3.43. The van der Waals surface area contributed by atoms with Crippen molar-refractivity contribution in [3.05, 3.63) is 77.6 Å². The second-order valence-corrected chi connectivity index (χ2v) is 7.99. The Morgan fingerprint density at radius 1 is 1.06 bits per heavy atom. The maximum atomic E-state index is 13.5. The van der Waals surface area contributed by atoms with Gasteiger partial charge in [-0.3, -0.25) is 0 Å². The van der Waals surface area contributed by atoms with Gasteiger partial charge in [0.05, 0.1) is 30.4 Å². The SMILES string of the molecule is CCOC(=O)c1cn2cc(Cn3cc(C(O)(CC)C(F)(F)F)nn3)ccc2c1-c1ccc(F)cc1. The number of hydrogen-bond acceptors (Lipinski definition) is 5. The third-order valence-electron chi connectivity index (χ3n) is 5.75. The van der Waals surface area contributed by atoms with E-state index < -0.39 is 35.7 Å². The third-order valence-corrected chi connectivity index (χ3v) is 5.75. The van der Waals surface area contributed by atoms with Crippen molar-refractivity contribution in [2.24, 2.45) is 0 Å². The molecule has 1 aromatic carbocycles. The number of carbonyl (C=O) groups excluding carboxylic acids is 1. The minimum absolute atomic E-state index is 0.0688. The van der Waals surface area contributed by atoms with Crippen LogP contribution in [0.1, 0.15) is 41.9 Å². The van der Waals surface area contributed by atoms with Crippen LogP contribution in [0.5, 0.6) is 0 Å². The van der Waals surface area contributed by atoms with Crippen molar-refractivity contribution < 1.29 is 32.2 Å². The number of pyridine rings is 1. The molecule has 1 atom stereocenters. The van der Waals surface area contributed by atoms with Gasteiger partial charge in [-0.05, 0) is 42.7 Å². The first-order valence-electron chi connectivity index (χ1n) is 10.8. The third kappa shape index (κ3) is 4.51. The van der Waals surface area contributed by atoms with Gasteiger partial charge in [-0.15, -0.1) is 5.10 Å². The normalized spacial score (nSPS) is 13.7. The largest absolute Gasteiger partial charge is 0.462 e. The molecule has 1 N–H and O–H groups in total. The molecule has 0 saturated heterocycles. The average molecular weight is 490 g/mol. The van der Waals surface area contributed by atoms with Crippen molar-refractivity contribution in [1.82, 2.24) is 19.4 Å². The van der Waals surface area contributed by atoms with Crippen molar-refractivity contribution in [2.45, 2.75) is 38.6 Å². The van der Waals surface area contributed by atoms with Crippen LogP contribution in [-0.2, 0) is 16.9 Å². The highest BCUT2D eigenvalue weighted by Gasteiger charge is 2.55. The highest BCUT2D eigenvalue weighted by atomic mass is 19.4. The first kappa shape index (κ1) is 24.4. The van der Waals surface area contributed by atoms with E-state index >= 15 is 0 Å². The van der Waals surface area contributed by atoms with Crippen LogP contribution < -0.4 is 0 Å². The minimum Gasteiger partial charge on any atom is -0.462 e. The molecule has 7 nitrogen and oxygen atoms in total. The Labute approximate surface area is 197 Å².